The summed E-state index contributed by atoms with van der Waals surface area (Å²) in [4.78, 5) is 10.5. The molecule has 0 fully saturated rings. The van der Waals surface area contributed by atoms with Gasteiger partial charge in [0.1, 0.15) is 0 Å². The second-order valence-corrected chi connectivity index (χ2v) is 3.23. The van der Waals surface area contributed by atoms with Crippen molar-refractivity contribution in [3.8, 4) is 5.75 Å². The lowest BCUT2D eigenvalue weighted by molar-refractivity contribution is 0.0690. The average Bonchev–Trinajstić information content (AvgIpc) is 2.12. The fourth-order valence-electron chi connectivity index (χ4n) is 0.921. The third-order valence-electron chi connectivity index (χ3n) is 1.55. The zero-order valence-corrected chi connectivity index (χ0v) is 8.56. The molecular weight excluding hydrogens is 262 g/mol. The number of hydrogen-bond donors (Lipinski definition) is 1. The van der Waals surface area contributed by atoms with Crippen LogP contribution in [-0.2, 0) is 0 Å². The van der Waals surface area contributed by atoms with E-state index in [0.29, 0.717) is 0 Å². The normalized spacial score (nSPS) is 10.0. The van der Waals surface area contributed by atoms with Gasteiger partial charge in [-0.15, -0.1) is 0 Å². The van der Waals surface area contributed by atoms with Crippen molar-refractivity contribution >= 4 is 21.9 Å². The highest BCUT2D eigenvalue weighted by Crippen LogP contribution is 2.31. The third kappa shape index (κ3) is 1.70. The molecule has 1 N–H and O–H groups in total. The van der Waals surface area contributed by atoms with Gasteiger partial charge in [0, 0.05) is 0 Å². The number of hydrogen-bond acceptors (Lipinski definition) is 2. The van der Waals surface area contributed by atoms with E-state index in [-0.39, 0.29) is 10.2 Å². The first-order chi connectivity index (χ1) is 6.49. The van der Waals surface area contributed by atoms with Crippen molar-refractivity contribution in [1.82, 2.24) is 0 Å². The summed E-state index contributed by atoms with van der Waals surface area (Å²) in [5.41, 5.74) is -0.741. The minimum atomic E-state index is -1.54. The number of benzene rings is 1. The van der Waals surface area contributed by atoms with Crippen molar-refractivity contribution in [2.45, 2.75) is 0 Å². The second kappa shape index (κ2) is 3.91. The fourth-order valence-corrected chi connectivity index (χ4v) is 1.49. The lowest BCUT2D eigenvalue weighted by Gasteiger charge is -2.07. The molecule has 3 nitrogen and oxygen atoms in total. The number of carboxylic acid groups (broad SMARTS) is 1. The van der Waals surface area contributed by atoms with E-state index in [4.69, 9.17) is 5.11 Å². The quantitative estimate of drug-likeness (QED) is 0.837. The van der Waals surface area contributed by atoms with E-state index in [2.05, 4.69) is 20.7 Å². The molecule has 1 aromatic rings. The van der Waals surface area contributed by atoms with Gasteiger partial charge in [0.25, 0.3) is 0 Å². The molecule has 1 aromatic carbocycles. The average molecular weight is 267 g/mol. The van der Waals surface area contributed by atoms with E-state index in [1.807, 2.05) is 0 Å². The second-order valence-electron chi connectivity index (χ2n) is 2.37. The monoisotopic (exact) mass is 266 g/mol. The van der Waals surface area contributed by atoms with Crippen molar-refractivity contribution in [2.75, 3.05) is 7.11 Å². The molecule has 14 heavy (non-hydrogen) atoms. The molecule has 0 spiro atoms. The van der Waals surface area contributed by atoms with Crippen LogP contribution in [0.15, 0.2) is 10.5 Å². The van der Waals surface area contributed by atoms with Gasteiger partial charge in [-0.25, -0.2) is 9.18 Å². The predicted octanol–water partition coefficient (Wildman–Crippen LogP) is 2.43. The zero-order valence-electron chi connectivity index (χ0n) is 6.97. The maximum atomic E-state index is 13.1. The van der Waals surface area contributed by atoms with E-state index in [9.17, 15) is 13.6 Å². The highest BCUT2D eigenvalue weighted by Gasteiger charge is 2.21. The highest BCUT2D eigenvalue weighted by atomic mass is 79.9. The predicted molar refractivity (Wildman–Crippen MR) is 47.6 cm³/mol. The number of methoxy groups -OCH3 is 1. The van der Waals surface area contributed by atoms with E-state index >= 15 is 0 Å². The Morgan fingerprint density at radius 1 is 1.50 bits per heavy atom. The Morgan fingerprint density at radius 3 is 2.50 bits per heavy atom. The molecular formula is C8H5BrF2O3. The van der Waals surface area contributed by atoms with Gasteiger partial charge in [-0.3, -0.25) is 0 Å². The van der Waals surface area contributed by atoms with Gasteiger partial charge in [-0.2, -0.15) is 4.39 Å². The van der Waals surface area contributed by atoms with Gasteiger partial charge >= 0.3 is 5.97 Å². The van der Waals surface area contributed by atoms with Gasteiger partial charge < -0.3 is 9.84 Å². The SMILES string of the molecule is COc1c(Br)cc(C(=O)O)c(F)c1F. The maximum absolute atomic E-state index is 13.1. The Morgan fingerprint density at radius 2 is 2.07 bits per heavy atom. The van der Waals surface area contributed by atoms with Crippen molar-refractivity contribution in [3.63, 3.8) is 0 Å². The van der Waals surface area contributed by atoms with E-state index in [1.54, 1.807) is 0 Å². The minimum Gasteiger partial charge on any atom is -0.492 e. The van der Waals surface area contributed by atoms with Crippen molar-refractivity contribution in [3.05, 3.63) is 27.7 Å². The van der Waals surface area contributed by atoms with Crippen LogP contribution >= 0.6 is 15.9 Å². The van der Waals surface area contributed by atoms with Crippen molar-refractivity contribution in [2.24, 2.45) is 0 Å². The zero-order chi connectivity index (χ0) is 10.9. The molecule has 1 rings (SSSR count). The van der Waals surface area contributed by atoms with Crippen LogP contribution in [0.3, 0.4) is 0 Å². The number of halogens is 3. The van der Waals surface area contributed by atoms with Crippen LogP contribution in [-0.4, -0.2) is 18.2 Å². The van der Waals surface area contributed by atoms with Gasteiger partial charge in [-0.1, -0.05) is 0 Å². The first kappa shape index (κ1) is 10.9. The van der Waals surface area contributed by atoms with Crippen LogP contribution < -0.4 is 4.74 Å². The van der Waals surface area contributed by atoms with Crippen LogP contribution in [0.4, 0.5) is 8.78 Å². The Hall–Kier alpha value is -1.17. The Kier molecular flexibility index (Phi) is 3.05. The molecule has 0 aliphatic heterocycles. The van der Waals surface area contributed by atoms with Crippen LogP contribution in [0, 0.1) is 11.6 Å². The molecule has 0 heterocycles. The summed E-state index contributed by atoms with van der Waals surface area (Å²) in [5.74, 6) is -4.64. The Labute approximate surface area is 86.4 Å². The van der Waals surface area contributed by atoms with Gasteiger partial charge in [0.2, 0.25) is 5.82 Å². The first-order valence-electron chi connectivity index (χ1n) is 3.43. The summed E-state index contributed by atoms with van der Waals surface area (Å²) in [5, 5.41) is 8.51. The first-order valence-corrected chi connectivity index (χ1v) is 4.23. The molecule has 0 saturated carbocycles. The molecule has 0 unspecified atom stereocenters. The standard InChI is InChI=1S/C8H5BrF2O3/c1-14-7-4(9)2-3(8(12)13)5(10)6(7)11/h2H,1H3,(H,12,13). The molecule has 6 heteroatoms. The summed E-state index contributed by atoms with van der Waals surface area (Å²) >= 11 is 2.87. The Balaban J connectivity index is 3.47. The molecule has 0 aromatic heterocycles. The summed E-state index contributed by atoms with van der Waals surface area (Å²) in [6.07, 6.45) is 0. The molecule has 0 aliphatic carbocycles. The summed E-state index contributed by atoms with van der Waals surface area (Å²) in [6.45, 7) is 0. The molecule has 0 amide bonds. The Bertz CT molecular complexity index is 393. The number of carboxylic acids is 1. The van der Waals surface area contributed by atoms with Crippen LogP contribution in [0.2, 0.25) is 0 Å². The number of aromatic carboxylic acids is 1. The number of rotatable bonds is 2. The van der Waals surface area contributed by atoms with Gasteiger partial charge in [0.05, 0.1) is 17.1 Å². The van der Waals surface area contributed by atoms with Crippen LogP contribution in [0.1, 0.15) is 10.4 Å². The molecule has 0 bridgehead atoms. The van der Waals surface area contributed by atoms with Crippen LogP contribution in [0.5, 0.6) is 5.75 Å². The molecule has 0 saturated heterocycles. The van der Waals surface area contributed by atoms with E-state index in [1.165, 1.54) is 0 Å². The largest absolute Gasteiger partial charge is 0.492 e. The van der Waals surface area contributed by atoms with Crippen molar-refractivity contribution < 1.29 is 23.4 Å². The lowest BCUT2D eigenvalue weighted by atomic mass is 10.2. The number of ether oxygens (including phenoxy) is 1. The minimum absolute atomic E-state index is 0.0521. The van der Waals surface area contributed by atoms with Crippen LogP contribution in [0.25, 0.3) is 0 Å². The van der Waals surface area contributed by atoms with E-state index < -0.39 is 23.2 Å². The summed E-state index contributed by atoms with van der Waals surface area (Å²) in [7, 11) is 1.16. The smallest absolute Gasteiger partial charge is 0.338 e. The third-order valence-corrected chi connectivity index (χ3v) is 2.14. The highest BCUT2D eigenvalue weighted by molar-refractivity contribution is 9.10. The summed E-state index contributed by atoms with van der Waals surface area (Å²) < 4.78 is 30.7. The fraction of sp³-hybridized carbons (Fsp3) is 0.125. The lowest BCUT2D eigenvalue weighted by Crippen LogP contribution is -2.05. The topological polar surface area (TPSA) is 46.5 Å². The molecule has 0 radical (unpaired) electrons. The maximum Gasteiger partial charge on any atom is 0.338 e. The summed E-state index contributed by atoms with van der Waals surface area (Å²) in [6, 6.07) is 0.944. The molecule has 76 valence electrons. The van der Waals surface area contributed by atoms with E-state index in [0.717, 1.165) is 13.2 Å². The number of carbonyl (C=O) groups is 1. The van der Waals surface area contributed by atoms with Gasteiger partial charge in [0.15, 0.2) is 11.6 Å². The van der Waals surface area contributed by atoms with Gasteiger partial charge in [-0.05, 0) is 22.0 Å². The molecule has 0 atom stereocenters. The van der Waals surface area contributed by atoms with Crippen molar-refractivity contribution in [1.29, 1.82) is 0 Å². The molecule has 0 aliphatic rings.